The minimum absolute atomic E-state index is 0.0559. The highest BCUT2D eigenvalue weighted by Gasteiger charge is 2.12. The Morgan fingerprint density at radius 3 is 2.75 bits per heavy atom. The van der Waals surface area contributed by atoms with E-state index in [2.05, 4.69) is 36.1 Å². The summed E-state index contributed by atoms with van der Waals surface area (Å²) in [6, 6.07) is 3.96. The lowest BCUT2D eigenvalue weighted by molar-refractivity contribution is 0.301. The number of pyridine rings is 1. The van der Waals surface area contributed by atoms with Crippen LogP contribution in [0, 0.1) is 6.92 Å². The monoisotopic (exact) mass is 291 g/mol. The average molecular weight is 291 g/mol. The average Bonchev–Trinajstić information content (AvgIpc) is 2.87. The molecular weight excluding hydrogens is 270 g/mol. The van der Waals surface area contributed by atoms with E-state index in [4.69, 9.17) is 4.74 Å². The maximum atomic E-state index is 5.87. The van der Waals surface area contributed by atoms with Gasteiger partial charge in [-0.1, -0.05) is 0 Å². The molecule has 0 aliphatic rings. The minimum atomic E-state index is 0.0559. The Morgan fingerprint density at radius 2 is 2.10 bits per heavy atom. The first-order valence-corrected chi connectivity index (χ1v) is 7.54. The molecule has 108 valence electrons. The van der Waals surface area contributed by atoms with Crippen molar-refractivity contribution in [1.29, 1.82) is 0 Å². The van der Waals surface area contributed by atoms with Crippen molar-refractivity contribution in [2.45, 2.75) is 46.4 Å². The molecular formula is C15H21N3OS. The van der Waals surface area contributed by atoms with Crippen LogP contribution in [0.25, 0.3) is 0 Å². The summed E-state index contributed by atoms with van der Waals surface area (Å²) in [5, 5.41) is 3.45. The summed E-state index contributed by atoms with van der Waals surface area (Å²) in [6.07, 6.45) is 1.83. The molecule has 0 amide bonds. The van der Waals surface area contributed by atoms with Gasteiger partial charge in [-0.15, -0.1) is 11.3 Å². The third kappa shape index (κ3) is 4.58. The number of hydrogen-bond acceptors (Lipinski definition) is 5. The van der Waals surface area contributed by atoms with E-state index in [1.54, 1.807) is 11.3 Å². The third-order valence-corrected chi connectivity index (χ3v) is 3.46. The normalized spacial score (nSPS) is 11.6. The fourth-order valence-electron chi connectivity index (χ4n) is 1.67. The van der Waals surface area contributed by atoms with Crippen molar-refractivity contribution in [1.82, 2.24) is 15.3 Å². The Balaban J connectivity index is 2.07. The summed E-state index contributed by atoms with van der Waals surface area (Å²) in [6.45, 7) is 9.65. The summed E-state index contributed by atoms with van der Waals surface area (Å²) in [7, 11) is 0. The predicted octanol–water partition coefficient (Wildman–Crippen LogP) is 3.31. The summed E-state index contributed by atoms with van der Waals surface area (Å²) >= 11 is 1.60. The highest BCUT2D eigenvalue weighted by molar-refractivity contribution is 7.09. The van der Waals surface area contributed by atoms with E-state index in [1.807, 2.05) is 30.8 Å². The molecule has 0 atom stereocenters. The maximum Gasteiger partial charge on any atom is 0.142 e. The van der Waals surface area contributed by atoms with Gasteiger partial charge < -0.3 is 10.1 Å². The molecule has 5 heteroatoms. The molecule has 4 nitrogen and oxygen atoms in total. The quantitative estimate of drug-likeness (QED) is 0.918. The SMILES string of the molecule is Cc1ccc(OCc2cncs2)c(CNC(C)(C)C)n1. The number of ether oxygens (including phenoxy) is 1. The molecule has 20 heavy (non-hydrogen) atoms. The largest absolute Gasteiger partial charge is 0.486 e. The molecule has 2 aromatic heterocycles. The van der Waals surface area contributed by atoms with Crippen LogP contribution in [0.4, 0.5) is 0 Å². The number of rotatable bonds is 5. The molecule has 0 saturated carbocycles. The minimum Gasteiger partial charge on any atom is -0.486 e. The van der Waals surface area contributed by atoms with Gasteiger partial charge in [0.05, 0.1) is 16.1 Å². The van der Waals surface area contributed by atoms with Gasteiger partial charge in [-0.2, -0.15) is 0 Å². The summed E-state index contributed by atoms with van der Waals surface area (Å²) in [5.74, 6) is 0.834. The second-order valence-corrected chi connectivity index (χ2v) is 6.73. The van der Waals surface area contributed by atoms with Crippen LogP contribution in [0.15, 0.2) is 23.8 Å². The van der Waals surface area contributed by atoms with Gasteiger partial charge in [0.15, 0.2) is 0 Å². The molecule has 0 aliphatic heterocycles. The summed E-state index contributed by atoms with van der Waals surface area (Å²) in [4.78, 5) is 9.74. The Bertz CT molecular complexity index is 547. The van der Waals surface area contributed by atoms with E-state index in [-0.39, 0.29) is 5.54 Å². The van der Waals surface area contributed by atoms with Crippen LogP contribution in [0.2, 0.25) is 0 Å². The van der Waals surface area contributed by atoms with E-state index in [0.717, 1.165) is 22.0 Å². The number of thiazole rings is 1. The van der Waals surface area contributed by atoms with Gasteiger partial charge in [0.25, 0.3) is 0 Å². The molecule has 0 aliphatic carbocycles. The molecule has 1 N–H and O–H groups in total. The van der Waals surface area contributed by atoms with Crippen molar-refractivity contribution in [2.24, 2.45) is 0 Å². The maximum absolute atomic E-state index is 5.87. The molecule has 0 bridgehead atoms. The van der Waals surface area contributed by atoms with Gasteiger partial charge in [-0.3, -0.25) is 9.97 Å². The highest BCUT2D eigenvalue weighted by Crippen LogP contribution is 2.20. The molecule has 0 unspecified atom stereocenters. The predicted molar refractivity (Wildman–Crippen MR) is 82.0 cm³/mol. The zero-order valence-electron chi connectivity index (χ0n) is 12.4. The van der Waals surface area contributed by atoms with Gasteiger partial charge in [0.2, 0.25) is 0 Å². The zero-order valence-corrected chi connectivity index (χ0v) is 13.3. The second-order valence-electron chi connectivity index (χ2n) is 5.76. The molecule has 0 aromatic carbocycles. The second kappa shape index (κ2) is 6.33. The number of nitrogens with one attached hydrogen (secondary N) is 1. The van der Waals surface area contributed by atoms with Crippen molar-refractivity contribution in [3.8, 4) is 5.75 Å². The van der Waals surface area contributed by atoms with Crippen LogP contribution in [-0.4, -0.2) is 15.5 Å². The van der Waals surface area contributed by atoms with Crippen molar-refractivity contribution >= 4 is 11.3 Å². The number of hydrogen-bond donors (Lipinski definition) is 1. The van der Waals surface area contributed by atoms with Crippen LogP contribution >= 0.6 is 11.3 Å². The van der Waals surface area contributed by atoms with E-state index in [9.17, 15) is 0 Å². The van der Waals surface area contributed by atoms with Crippen molar-refractivity contribution < 1.29 is 4.74 Å². The van der Waals surface area contributed by atoms with Crippen LogP contribution in [0.5, 0.6) is 5.75 Å². The van der Waals surface area contributed by atoms with Gasteiger partial charge in [-0.25, -0.2) is 0 Å². The third-order valence-electron chi connectivity index (χ3n) is 2.71. The lowest BCUT2D eigenvalue weighted by Gasteiger charge is -2.21. The Hall–Kier alpha value is -1.46. The molecule has 2 heterocycles. The van der Waals surface area contributed by atoms with Crippen LogP contribution in [0.1, 0.15) is 37.0 Å². The van der Waals surface area contributed by atoms with E-state index in [0.29, 0.717) is 13.2 Å². The summed E-state index contributed by atoms with van der Waals surface area (Å²) < 4.78 is 5.87. The first-order valence-electron chi connectivity index (χ1n) is 6.66. The van der Waals surface area contributed by atoms with Gasteiger partial charge in [-0.05, 0) is 39.8 Å². The topological polar surface area (TPSA) is 47.0 Å². The fraction of sp³-hybridized carbons (Fsp3) is 0.467. The van der Waals surface area contributed by atoms with Gasteiger partial charge in [0, 0.05) is 24.0 Å². The van der Waals surface area contributed by atoms with E-state index in [1.165, 1.54) is 0 Å². The van der Waals surface area contributed by atoms with E-state index >= 15 is 0 Å². The molecule has 0 spiro atoms. The molecule has 2 aromatic rings. The van der Waals surface area contributed by atoms with Gasteiger partial charge in [0.1, 0.15) is 12.4 Å². The molecule has 0 fully saturated rings. The molecule has 0 saturated heterocycles. The number of nitrogens with zero attached hydrogens (tertiary/aromatic N) is 2. The standard InChI is InChI=1S/C15H21N3OS/c1-11-5-6-14(19-9-12-7-16-10-20-12)13(18-11)8-17-15(2,3)4/h5-7,10,17H,8-9H2,1-4H3. The first kappa shape index (κ1) is 14.9. The number of aromatic nitrogens is 2. The Kier molecular flexibility index (Phi) is 4.73. The lowest BCUT2D eigenvalue weighted by Crippen LogP contribution is -2.35. The Labute approximate surface area is 124 Å². The highest BCUT2D eigenvalue weighted by atomic mass is 32.1. The molecule has 0 radical (unpaired) electrons. The van der Waals surface area contributed by atoms with Crippen LogP contribution in [-0.2, 0) is 13.2 Å². The van der Waals surface area contributed by atoms with Crippen molar-refractivity contribution in [3.05, 3.63) is 40.1 Å². The molecule has 2 rings (SSSR count). The van der Waals surface area contributed by atoms with Gasteiger partial charge >= 0.3 is 0 Å². The number of aryl methyl sites for hydroxylation is 1. The summed E-state index contributed by atoms with van der Waals surface area (Å²) in [5.41, 5.74) is 3.82. The van der Waals surface area contributed by atoms with Crippen LogP contribution in [0.3, 0.4) is 0 Å². The lowest BCUT2D eigenvalue weighted by atomic mass is 10.1. The van der Waals surface area contributed by atoms with Crippen molar-refractivity contribution in [3.63, 3.8) is 0 Å². The zero-order chi connectivity index (χ0) is 14.6. The smallest absolute Gasteiger partial charge is 0.142 e. The van der Waals surface area contributed by atoms with Crippen LogP contribution < -0.4 is 10.1 Å². The van der Waals surface area contributed by atoms with E-state index < -0.39 is 0 Å². The first-order chi connectivity index (χ1) is 9.44. The fourth-order valence-corrected chi connectivity index (χ4v) is 2.17. The Morgan fingerprint density at radius 1 is 1.30 bits per heavy atom. The van der Waals surface area contributed by atoms with Crippen molar-refractivity contribution in [2.75, 3.05) is 0 Å².